The molecule has 4 aromatic carbocycles. The van der Waals surface area contributed by atoms with E-state index in [1.54, 1.807) is 98.8 Å². The van der Waals surface area contributed by atoms with Crippen molar-refractivity contribution in [1.29, 1.82) is 0 Å². The Bertz CT molecular complexity index is 1990. The fraction of sp³-hybridized carbons (Fsp3) is 0.314. The fourth-order valence-corrected chi connectivity index (χ4v) is 9.97. The maximum Gasteiger partial charge on any atom is 0.271 e. The van der Waals surface area contributed by atoms with Gasteiger partial charge in [-0.05, 0) is 55.7 Å². The Morgan fingerprint density at radius 1 is 0.451 bits per heavy atom. The molecule has 0 spiro atoms. The third-order valence-electron chi connectivity index (χ3n) is 7.71. The van der Waals surface area contributed by atoms with Gasteiger partial charge in [-0.25, -0.2) is 16.8 Å². The summed E-state index contributed by atoms with van der Waals surface area (Å²) >= 11 is 0. The van der Waals surface area contributed by atoms with E-state index in [0.29, 0.717) is 11.1 Å². The van der Waals surface area contributed by atoms with Gasteiger partial charge in [0.15, 0.2) is 0 Å². The zero-order valence-electron chi connectivity index (χ0n) is 28.4. The second kappa shape index (κ2) is 17.8. The van der Waals surface area contributed by atoms with Gasteiger partial charge < -0.3 is 0 Å². The summed E-state index contributed by atoms with van der Waals surface area (Å²) in [5.74, 6) is -0.791. The molecule has 0 saturated carbocycles. The molecule has 51 heavy (non-hydrogen) atoms. The standard InChI is InChI=1S/C35H42N2O10S4/c1-30-14-18-34(19-15-30)50(42,43)36(24-26-46-48(38,39)28-32-10-5-3-6-11-32)22-9-23-37(51(44,45)35-20-16-31(2)17-21-35)25-27-47-49(40,41)29-33-12-7-4-8-13-33/h3-8,10-21H,9,22-29H2,1-2H3. The van der Waals surface area contributed by atoms with Crippen LogP contribution in [0.1, 0.15) is 28.7 Å². The van der Waals surface area contributed by atoms with E-state index in [1.807, 2.05) is 0 Å². The Morgan fingerprint density at radius 3 is 1.12 bits per heavy atom. The minimum absolute atomic E-state index is 0.0241. The molecular weight excluding hydrogens is 737 g/mol. The lowest BCUT2D eigenvalue weighted by molar-refractivity contribution is 0.258. The summed E-state index contributed by atoms with van der Waals surface area (Å²) in [7, 11) is -16.4. The predicted octanol–water partition coefficient (Wildman–Crippen LogP) is 4.47. The van der Waals surface area contributed by atoms with Crippen LogP contribution in [0.3, 0.4) is 0 Å². The molecular formula is C35H42N2O10S4. The number of hydrogen-bond acceptors (Lipinski definition) is 10. The molecule has 16 heteroatoms. The summed E-state index contributed by atoms with van der Waals surface area (Å²) in [5.41, 5.74) is 2.68. The molecule has 0 N–H and O–H groups in total. The molecule has 0 aliphatic carbocycles. The van der Waals surface area contributed by atoms with Gasteiger partial charge >= 0.3 is 0 Å². The van der Waals surface area contributed by atoms with Crippen LogP contribution in [0.2, 0.25) is 0 Å². The highest BCUT2D eigenvalue weighted by atomic mass is 32.2. The molecule has 0 heterocycles. The number of sulfonamides is 2. The quantitative estimate of drug-likeness (QED) is 0.117. The van der Waals surface area contributed by atoms with Gasteiger partial charge in [-0.15, -0.1) is 0 Å². The second-order valence-electron chi connectivity index (χ2n) is 11.8. The van der Waals surface area contributed by atoms with Gasteiger partial charge in [0.1, 0.15) is 11.5 Å². The molecule has 0 atom stereocenters. The topological polar surface area (TPSA) is 162 Å². The smallest absolute Gasteiger partial charge is 0.268 e. The van der Waals surface area contributed by atoms with Crippen molar-refractivity contribution in [1.82, 2.24) is 8.61 Å². The van der Waals surface area contributed by atoms with E-state index in [4.69, 9.17) is 8.37 Å². The van der Waals surface area contributed by atoms with Crippen LogP contribution in [0.15, 0.2) is 119 Å². The maximum absolute atomic E-state index is 13.8. The summed E-state index contributed by atoms with van der Waals surface area (Å²) in [6.07, 6.45) is -0.0241. The van der Waals surface area contributed by atoms with Gasteiger partial charge in [0.25, 0.3) is 20.2 Å². The Hall–Kier alpha value is -3.48. The third kappa shape index (κ3) is 12.3. The molecule has 0 saturated heterocycles. The van der Waals surface area contributed by atoms with Crippen LogP contribution in [0, 0.1) is 13.8 Å². The van der Waals surface area contributed by atoms with Crippen molar-refractivity contribution in [2.24, 2.45) is 0 Å². The molecule has 0 bridgehead atoms. The lowest BCUT2D eigenvalue weighted by Gasteiger charge is -2.25. The zero-order valence-corrected chi connectivity index (χ0v) is 31.6. The van der Waals surface area contributed by atoms with Crippen LogP contribution in [0.4, 0.5) is 0 Å². The largest absolute Gasteiger partial charge is 0.271 e. The Labute approximate surface area is 302 Å². The van der Waals surface area contributed by atoms with Crippen LogP contribution < -0.4 is 0 Å². The lowest BCUT2D eigenvalue weighted by Crippen LogP contribution is -2.39. The molecule has 12 nitrogen and oxygen atoms in total. The summed E-state index contributed by atoms with van der Waals surface area (Å²) in [4.78, 5) is -0.0530. The van der Waals surface area contributed by atoms with Crippen LogP contribution in [-0.2, 0) is 60.2 Å². The molecule has 276 valence electrons. The van der Waals surface area contributed by atoms with E-state index >= 15 is 0 Å². The molecule has 0 fully saturated rings. The minimum atomic E-state index is -4.16. The molecule has 0 unspecified atom stereocenters. The van der Waals surface area contributed by atoms with Crippen molar-refractivity contribution in [3.8, 4) is 0 Å². The van der Waals surface area contributed by atoms with E-state index in [0.717, 1.165) is 19.7 Å². The van der Waals surface area contributed by atoms with Crippen LogP contribution >= 0.6 is 0 Å². The highest BCUT2D eigenvalue weighted by molar-refractivity contribution is 7.89. The summed E-state index contributed by atoms with van der Waals surface area (Å²) in [6.45, 7) is 1.58. The van der Waals surface area contributed by atoms with E-state index in [9.17, 15) is 33.7 Å². The van der Waals surface area contributed by atoms with Crippen molar-refractivity contribution in [3.63, 3.8) is 0 Å². The Balaban J connectivity index is 1.50. The number of nitrogens with zero attached hydrogens (tertiary/aromatic N) is 2. The number of benzene rings is 4. The maximum atomic E-state index is 13.8. The molecule has 0 amide bonds. The molecule has 0 radical (unpaired) electrons. The van der Waals surface area contributed by atoms with E-state index in [-0.39, 0.29) is 42.4 Å². The average Bonchev–Trinajstić information content (AvgIpc) is 3.07. The van der Waals surface area contributed by atoms with Crippen LogP contribution in [0.5, 0.6) is 0 Å². The van der Waals surface area contributed by atoms with Gasteiger partial charge in [0.05, 0.1) is 23.0 Å². The summed E-state index contributed by atoms with van der Waals surface area (Å²) in [5, 5.41) is 0. The van der Waals surface area contributed by atoms with Gasteiger partial charge in [-0.1, -0.05) is 96.1 Å². The first kappa shape index (κ1) is 40.3. The Morgan fingerprint density at radius 2 is 0.784 bits per heavy atom. The van der Waals surface area contributed by atoms with Gasteiger partial charge in [-0.3, -0.25) is 8.37 Å². The van der Waals surface area contributed by atoms with Crippen molar-refractivity contribution in [3.05, 3.63) is 131 Å². The van der Waals surface area contributed by atoms with Crippen LogP contribution in [0.25, 0.3) is 0 Å². The average molecular weight is 779 g/mol. The highest BCUT2D eigenvalue weighted by Gasteiger charge is 2.28. The molecule has 0 aliphatic heterocycles. The van der Waals surface area contributed by atoms with Crippen molar-refractivity contribution in [2.75, 3.05) is 39.4 Å². The number of hydrogen-bond donors (Lipinski definition) is 0. The van der Waals surface area contributed by atoms with Crippen molar-refractivity contribution >= 4 is 40.3 Å². The lowest BCUT2D eigenvalue weighted by atomic mass is 10.2. The molecule has 0 aliphatic rings. The molecule has 4 aromatic rings. The van der Waals surface area contributed by atoms with Gasteiger partial charge in [-0.2, -0.15) is 25.4 Å². The van der Waals surface area contributed by atoms with Crippen molar-refractivity contribution < 1.29 is 42.0 Å². The molecule has 0 aromatic heterocycles. The summed E-state index contributed by atoms with van der Waals surface area (Å²) < 4.78 is 118. The Kier molecular flexibility index (Phi) is 14.1. The SMILES string of the molecule is Cc1ccc(S(=O)(=O)N(CCCN(CCOS(=O)(=O)Cc2ccccc2)S(=O)(=O)c2ccc(C)cc2)CCOS(=O)(=O)Cc2ccccc2)cc1. The zero-order chi connectivity index (χ0) is 37.1. The first-order valence-electron chi connectivity index (χ1n) is 16.0. The van der Waals surface area contributed by atoms with Gasteiger partial charge in [0.2, 0.25) is 20.0 Å². The number of aryl methyl sites for hydroxylation is 2. The van der Waals surface area contributed by atoms with E-state index < -0.39 is 65.0 Å². The summed E-state index contributed by atoms with van der Waals surface area (Å²) in [6, 6.07) is 29.1. The first-order valence-corrected chi connectivity index (χ1v) is 22.1. The monoisotopic (exact) mass is 778 g/mol. The fourth-order valence-electron chi connectivity index (χ4n) is 5.02. The van der Waals surface area contributed by atoms with E-state index in [2.05, 4.69) is 0 Å². The van der Waals surface area contributed by atoms with Gasteiger partial charge in [0, 0.05) is 26.2 Å². The minimum Gasteiger partial charge on any atom is -0.268 e. The molecule has 4 rings (SSSR count). The third-order valence-corrected chi connectivity index (χ3v) is 14.0. The van der Waals surface area contributed by atoms with Crippen molar-refractivity contribution in [2.45, 2.75) is 41.6 Å². The van der Waals surface area contributed by atoms with Crippen LogP contribution in [-0.4, -0.2) is 81.7 Å². The second-order valence-corrected chi connectivity index (χ2v) is 19.0. The number of rotatable bonds is 20. The normalized spacial score (nSPS) is 12.8. The first-order chi connectivity index (χ1) is 24.1. The van der Waals surface area contributed by atoms with E-state index in [1.165, 1.54) is 24.3 Å². The predicted molar refractivity (Wildman–Crippen MR) is 195 cm³/mol. The highest BCUT2D eigenvalue weighted by Crippen LogP contribution is 2.20.